The zero-order valence-corrected chi connectivity index (χ0v) is 74.6. The molecule has 0 spiro atoms. The van der Waals surface area contributed by atoms with Gasteiger partial charge in [-0.15, -0.1) is 0 Å². The van der Waals surface area contributed by atoms with Crippen molar-refractivity contribution < 1.29 is 257 Å². The lowest BCUT2D eigenvalue weighted by molar-refractivity contribution is -0.179. The summed E-state index contributed by atoms with van der Waals surface area (Å²) in [7, 11) is -22.5. The molecule has 63 heteroatoms. The zero-order chi connectivity index (χ0) is 99.1. The van der Waals surface area contributed by atoms with Gasteiger partial charge in [0.05, 0.1) is 47.8 Å². The number of carbonyl (C=O) groups excluding carboxylic acids is 12. The minimum atomic E-state index is -3.91. The lowest BCUT2D eigenvalue weighted by Crippen LogP contribution is -2.43. The summed E-state index contributed by atoms with van der Waals surface area (Å²) in [5.74, 6) is -39.7. The topological polar surface area (TPSA) is 604 Å². The van der Waals surface area contributed by atoms with Crippen LogP contribution in [0, 0.1) is 35.5 Å². The van der Waals surface area contributed by atoms with Crippen LogP contribution in [0.25, 0.3) is 0 Å². The van der Waals surface area contributed by atoms with Gasteiger partial charge < -0.3 is 71.1 Å². The molecule has 12 bridgehead atoms. The van der Waals surface area contributed by atoms with Gasteiger partial charge >= 0.3 is 107 Å². The maximum atomic E-state index is 12.6. The van der Waals surface area contributed by atoms with Crippen molar-refractivity contribution in [3.63, 3.8) is 0 Å². The van der Waals surface area contributed by atoms with E-state index < -0.39 is 349 Å². The summed E-state index contributed by atoms with van der Waals surface area (Å²) in [6, 6.07) is 0. The molecule has 12 heterocycles. The summed E-state index contributed by atoms with van der Waals surface area (Å²) in [5, 5.41) is -4.95. The predicted octanol–water partition coefficient (Wildman–Crippen LogP) is -0.424. The molecule has 0 radical (unpaired) electrons. The standard InChI is InChI=1S/C13H16F2O7S.C12H14F2O8S.2C12H14F2O7S.2C11H12F2O8S/c1-13(14,15)12(17)20-3-2-9(16)21-10-6-4-7-8(5-6)23(18,19)22-11(7)10;1-12(13,14)11(16)19-3-2-7(15)21-8-5-4-6-9(20-5)10(8)23(17,18)22-6;1-12(13,14)11(16)19-4-8(15)20-9-5-2-6-7(3-5)22(17,18)21-10(6)9;1-12(13,14)11(16)19-4-8(15)20-9-5-2-6-7(3-5)21-22(17,18)10(6)9;1-11(12,13)10(15)18-3-6(14)20-7-4-2-5-8(19-4)9(7)21-22(5,16)17;1-11(12,13)10(15)18-3-6(14)20-7-4-2-5-8(19-4)9(7)22(16,17)21-5/h6-8,10-11H,2-5H2,1H3;5-6,8-10H,2-4H2,1H3;2*5-7,9-10H,2-4H2,1H3;2*4-5,7-9H,2-3H2,1H3. The molecule has 134 heavy (non-hydrogen) atoms. The molecule has 18 fully saturated rings. The molecular weight excluding hydrogens is 1990 g/mol. The van der Waals surface area contributed by atoms with Crippen LogP contribution in [0.3, 0.4) is 0 Å². The van der Waals surface area contributed by atoms with Crippen molar-refractivity contribution >= 4 is 132 Å². The lowest BCUT2D eigenvalue weighted by Gasteiger charge is -2.24. The second kappa shape index (κ2) is 37.1. The largest absolute Gasteiger partial charge is 0.461 e. The SMILES string of the molecule is CC(F)(F)C(=O)OCC(=O)OC1C2CC3C(O2)C1OS3(=O)=O.CC(F)(F)C(=O)OCC(=O)OC1C2CC3C1OS(=O)(=O)C3C2.CC(F)(F)C(=O)OCC(=O)OC1C2CC3OS(=O)(=O)C1C3C2.CC(F)(F)C(=O)OCC(=O)OC1C2CC3OS(=O)(=O)C1C3O2.CC(F)(F)C(=O)OCCC(=O)OC1C2CC3C1OS(=O)(=O)C3C2.CC(F)(F)C(=O)OCCC(=O)OC1C2CC3OS(=O)(=O)C1C3O2. The van der Waals surface area contributed by atoms with E-state index in [-0.39, 0.29) is 60.9 Å². The Hall–Kier alpha value is -7.86. The van der Waals surface area contributed by atoms with E-state index in [0.29, 0.717) is 86.5 Å². The average Bonchev–Trinajstić information content (AvgIpc) is 1.57. The number of carbonyl (C=O) groups is 12. The van der Waals surface area contributed by atoms with Crippen LogP contribution in [0.15, 0.2) is 0 Å². The van der Waals surface area contributed by atoms with Crippen LogP contribution >= 0.6 is 0 Å². The number of rotatable bonds is 26. The van der Waals surface area contributed by atoms with Crippen molar-refractivity contribution in [2.24, 2.45) is 35.5 Å². The molecule has 0 aromatic rings. The molecule has 30 unspecified atom stereocenters. The Kier molecular flexibility index (Phi) is 28.6. The quantitative estimate of drug-likeness (QED) is 0.0459. The van der Waals surface area contributed by atoms with Gasteiger partial charge in [-0.1, -0.05) is 0 Å². The summed E-state index contributed by atoms with van der Waals surface area (Å²) in [6.07, 6.45) is -10.1. The number of esters is 12. The van der Waals surface area contributed by atoms with E-state index in [4.69, 9.17) is 67.7 Å². The van der Waals surface area contributed by atoms with Crippen LogP contribution in [0.4, 0.5) is 52.7 Å². The highest BCUT2D eigenvalue weighted by molar-refractivity contribution is 7.89. The molecule has 6 aliphatic carbocycles. The predicted molar refractivity (Wildman–Crippen MR) is 392 cm³/mol. The van der Waals surface area contributed by atoms with E-state index >= 15 is 0 Å². The molecule has 0 amide bonds. The smallest absolute Gasteiger partial charge is 0.377 e. The maximum absolute atomic E-state index is 12.6. The molecule has 756 valence electrons. The fourth-order valence-electron chi connectivity index (χ4n) is 19.2. The van der Waals surface area contributed by atoms with Crippen LogP contribution in [-0.2, 0) is 214 Å². The monoisotopic (exact) mass is 2070 g/mol. The van der Waals surface area contributed by atoms with Crippen molar-refractivity contribution in [3.05, 3.63) is 0 Å². The second-order valence-corrected chi connectivity index (χ2v) is 45.0. The summed E-state index contributed by atoms with van der Waals surface area (Å²) in [5.41, 5.74) is 0. The van der Waals surface area contributed by atoms with E-state index in [9.17, 15) is 161 Å². The average molecular weight is 2080 g/mol. The van der Waals surface area contributed by atoms with Crippen LogP contribution in [0.2, 0.25) is 0 Å². The number of hydrogen-bond acceptors (Lipinski definition) is 45. The third-order valence-corrected chi connectivity index (χ3v) is 35.1. The van der Waals surface area contributed by atoms with Crippen LogP contribution in [0.1, 0.15) is 112 Å². The van der Waals surface area contributed by atoms with Gasteiger partial charge in [0.2, 0.25) is 0 Å². The molecular formula is C71H82F12O45S6. The summed E-state index contributed by atoms with van der Waals surface area (Å²) < 4.78 is 393. The van der Waals surface area contributed by atoms with Crippen molar-refractivity contribution in [1.82, 2.24) is 0 Å². The Morgan fingerprint density at radius 2 is 0.537 bits per heavy atom. The number of fused-ring (bicyclic) bond motifs is 6. The first-order valence-corrected chi connectivity index (χ1v) is 49.4. The molecule has 12 aliphatic heterocycles. The summed E-state index contributed by atoms with van der Waals surface area (Å²) >= 11 is 0. The molecule has 6 saturated carbocycles. The van der Waals surface area contributed by atoms with Crippen LogP contribution < -0.4 is 0 Å². The normalized spacial score (nSPS) is 37.7. The van der Waals surface area contributed by atoms with Gasteiger partial charge in [-0.3, -0.25) is 34.7 Å². The Bertz CT molecular complexity index is 5160. The number of alkyl halides is 12. The second-order valence-electron chi connectivity index (χ2n) is 34.5. The lowest BCUT2D eigenvalue weighted by atomic mass is 9.94. The first kappa shape index (κ1) is 104. The van der Waals surface area contributed by atoms with E-state index in [1.165, 1.54) is 0 Å². The van der Waals surface area contributed by atoms with Gasteiger partial charge in [-0.25, -0.2) is 47.9 Å². The van der Waals surface area contributed by atoms with Crippen LogP contribution in [0.5, 0.6) is 0 Å². The molecule has 18 aliphatic rings. The Labute approximate surface area is 750 Å². The first-order valence-electron chi connectivity index (χ1n) is 40.5. The van der Waals surface area contributed by atoms with Crippen molar-refractivity contribution in [3.8, 4) is 0 Å². The van der Waals surface area contributed by atoms with E-state index in [0.717, 1.165) is 0 Å². The first-order chi connectivity index (χ1) is 61.6. The third-order valence-electron chi connectivity index (χ3n) is 24.7. The Morgan fingerprint density at radius 3 is 0.918 bits per heavy atom. The molecule has 45 nitrogen and oxygen atoms in total. The van der Waals surface area contributed by atoms with Gasteiger partial charge in [0.25, 0.3) is 60.7 Å². The number of ether oxygens (including phenoxy) is 15. The molecule has 0 N–H and O–H groups in total. The highest BCUT2D eigenvalue weighted by Crippen LogP contribution is 2.59. The van der Waals surface area contributed by atoms with E-state index in [2.05, 4.69) is 28.4 Å². The molecule has 0 aromatic heterocycles. The minimum Gasteiger partial charge on any atom is -0.461 e. The van der Waals surface area contributed by atoms with E-state index in [1.54, 1.807) is 0 Å². The van der Waals surface area contributed by atoms with Gasteiger partial charge in [-0.2, -0.15) is 103 Å². The molecule has 30 atom stereocenters. The van der Waals surface area contributed by atoms with Gasteiger partial charge in [0.15, 0.2) is 43.0 Å². The molecule has 12 saturated heterocycles. The fraction of sp³-hybridized carbons (Fsp3) is 0.831. The third kappa shape index (κ3) is 21.8. The molecule has 0 aromatic carbocycles. The van der Waals surface area contributed by atoms with Crippen molar-refractivity contribution in [2.75, 3.05) is 39.6 Å². The van der Waals surface area contributed by atoms with Gasteiger partial charge in [0, 0.05) is 89.9 Å². The minimum absolute atomic E-state index is 0.0706. The number of hydrogen-bond donors (Lipinski definition) is 0. The fourth-order valence-corrected chi connectivity index (χ4v) is 30.2. The summed E-state index contributed by atoms with van der Waals surface area (Å²) in [6.45, 7) is -2.92. The van der Waals surface area contributed by atoms with Crippen molar-refractivity contribution in [1.29, 1.82) is 0 Å². The maximum Gasteiger partial charge on any atom is 0.377 e. The summed E-state index contributed by atoms with van der Waals surface area (Å²) in [4.78, 5) is 135. The van der Waals surface area contributed by atoms with Crippen LogP contribution in [-0.4, -0.2) is 339 Å². The Balaban J connectivity index is 0.000000136. The van der Waals surface area contributed by atoms with E-state index in [1.807, 2.05) is 0 Å². The number of halogens is 12. The van der Waals surface area contributed by atoms with Crippen molar-refractivity contribution in [2.45, 2.75) is 289 Å². The van der Waals surface area contributed by atoms with Gasteiger partial charge in [-0.05, 0) is 44.9 Å². The Morgan fingerprint density at radius 1 is 0.254 bits per heavy atom. The highest BCUT2D eigenvalue weighted by atomic mass is 32.2. The molecule has 18 rings (SSSR count). The highest BCUT2D eigenvalue weighted by Gasteiger charge is 2.73. The van der Waals surface area contributed by atoms with Gasteiger partial charge in [0.1, 0.15) is 103 Å². The zero-order valence-electron chi connectivity index (χ0n) is 69.7.